The zero-order chi connectivity index (χ0) is 10.9. The van der Waals surface area contributed by atoms with Crippen molar-refractivity contribution in [1.29, 1.82) is 0 Å². The lowest BCUT2D eigenvalue weighted by molar-refractivity contribution is 0.142. The number of nitrogens with zero attached hydrogens (tertiary/aromatic N) is 2. The second kappa shape index (κ2) is 4.17. The maximum absolute atomic E-state index is 5.92. The van der Waals surface area contributed by atoms with Crippen LogP contribution in [0.4, 0.5) is 0 Å². The van der Waals surface area contributed by atoms with Gasteiger partial charge in [0.25, 0.3) is 0 Å². The van der Waals surface area contributed by atoms with Gasteiger partial charge in [-0.2, -0.15) is 0 Å². The minimum atomic E-state index is 0.375. The van der Waals surface area contributed by atoms with Crippen LogP contribution in [0.5, 0.6) is 0 Å². The summed E-state index contributed by atoms with van der Waals surface area (Å²) in [6, 6.07) is 0.572. The maximum Gasteiger partial charge on any atom is 0.0951 e. The van der Waals surface area contributed by atoms with Crippen LogP contribution >= 0.6 is 11.6 Å². The van der Waals surface area contributed by atoms with Crippen molar-refractivity contribution in [2.24, 2.45) is 5.41 Å². The Balaban J connectivity index is 2.28. The summed E-state index contributed by atoms with van der Waals surface area (Å²) >= 11 is 5.92. The summed E-state index contributed by atoms with van der Waals surface area (Å²) in [7, 11) is 0. The summed E-state index contributed by atoms with van der Waals surface area (Å²) < 4.78 is 2.28. The molecule has 0 amide bonds. The Labute approximate surface area is 96.7 Å². The average molecular weight is 227 g/mol. The van der Waals surface area contributed by atoms with Crippen LogP contribution in [-0.4, -0.2) is 9.55 Å². The molecule has 0 bridgehead atoms. The van der Waals surface area contributed by atoms with Crippen molar-refractivity contribution in [3.8, 4) is 0 Å². The fourth-order valence-electron chi connectivity index (χ4n) is 2.71. The van der Waals surface area contributed by atoms with Crippen molar-refractivity contribution >= 4 is 11.6 Å². The van der Waals surface area contributed by atoms with Gasteiger partial charge in [-0.15, -0.1) is 11.6 Å². The van der Waals surface area contributed by atoms with Gasteiger partial charge < -0.3 is 4.57 Å². The molecule has 1 fully saturated rings. The second-order valence-corrected chi connectivity index (χ2v) is 5.44. The van der Waals surface area contributed by atoms with E-state index >= 15 is 0 Å². The molecule has 0 aromatic carbocycles. The first kappa shape index (κ1) is 11.0. The number of aromatic nitrogens is 2. The largest absolute Gasteiger partial charge is 0.330 e. The normalized spacial score (nSPS) is 25.4. The smallest absolute Gasteiger partial charge is 0.0951 e. The minimum absolute atomic E-state index is 0.375. The van der Waals surface area contributed by atoms with Gasteiger partial charge in [0, 0.05) is 12.2 Å². The zero-order valence-corrected chi connectivity index (χ0v) is 10.3. The van der Waals surface area contributed by atoms with Crippen LogP contribution in [0.3, 0.4) is 0 Å². The van der Waals surface area contributed by atoms with Gasteiger partial charge in [-0.1, -0.05) is 26.7 Å². The van der Waals surface area contributed by atoms with Crippen molar-refractivity contribution < 1.29 is 0 Å². The third kappa shape index (κ3) is 2.05. The van der Waals surface area contributed by atoms with E-state index in [0.717, 1.165) is 5.69 Å². The summed E-state index contributed by atoms with van der Waals surface area (Å²) in [5.41, 5.74) is 1.52. The molecule has 1 aromatic heterocycles. The van der Waals surface area contributed by atoms with E-state index in [0.29, 0.717) is 17.3 Å². The van der Waals surface area contributed by atoms with E-state index in [1.807, 2.05) is 12.5 Å². The number of rotatable bonds is 2. The Hall–Kier alpha value is -0.500. The second-order valence-electron chi connectivity index (χ2n) is 5.18. The SMILES string of the molecule is CC1(C)CCCCC1n1cncc1CCl. The highest BCUT2D eigenvalue weighted by Gasteiger charge is 2.33. The molecule has 1 heterocycles. The molecule has 84 valence electrons. The molecular weight excluding hydrogens is 208 g/mol. The van der Waals surface area contributed by atoms with E-state index in [-0.39, 0.29) is 0 Å². The molecule has 15 heavy (non-hydrogen) atoms. The van der Waals surface area contributed by atoms with Crippen molar-refractivity contribution in [3.63, 3.8) is 0 Å². The lowest BCUT2D eigenvalue weighted by Gasteiger charge is -2.40. The van der Waals surface area contributed by atoms with Gasteiger partial charge in [0.15, 0.2) is 0 Å². The zero-order valence-electron chi connectivity index (χ0n) is 9.54. The van der Waals surface area contributed by atoms with Crippen LogP contribution in [0.2, 0.25) is 0 Å². The highest BCUT2D eigenvalue weighted by molar-refractivity contribution is 6.16. The first-order valence-corrected chi connectivity index (χ1v) is 6.25. The molecule has 0 radical (unpaired) electrons. The number of hydrogen-bond acceptors (Lipinski definition) is 1. The molecule has 1 saturated carbocycles. The lowest BCUT2D eigenvalue weighted by Crippen LogP contribution is -2.30. The lowest BCUT2D eigenvalue weighted by atomic mass is 9.73. The highest BCUT2D eigenvalue weighted by Crippen LogP contribution is 2.44. The summed E-state index contributed by atoms with van der Waals surface area (Å²) in [5, 5.41) is 0. The van der Waals surface area contributed by atoms with E-state index in [9.17, 15) is 0 Å². The summed E-state index contributed by atoms with van der Waals surface area (Å²) in [6.07, 6.45) is 9.07. The van der Waals surface area contributed by atoms with Crippen molar-refractivity contribution in [3.05, 3.63) is 18.2 Å². The molecule has 2 rings (SSSR count). The van der Waals surface area contributed by atoms with Crippen LogP contribution < -0.4 is 0 Å². The molecule has 1 unspecified atom stereocenters. The minimum Gasteiger partial charge on any atom is -0.330 e. The fraction of sp³-hybridized carbons (Fsp3) is 0.750. The third-order valence-electron chi connectivity index (χ3n) is 3.67. The molecule has 0 N–H and O–H groups in total. The fourth-order valence-corrected chi connectivity index (χ4v) is 2.91. The molecule has 0 spiro atoms. The van der Waals surface area contributed by atoms with Gasteiger partial charge in [-0.25, -0.2) is 4.98 Å². The Morgan fingerprint density at radius 3 is 3.00 bits per heavy atom. The molecule has 0 saturated heterocycles. The number of hydrogen-bond donors (Lipinski definition) is 0. The Kier molecular flexibility index (Phi) is 3.06. The third-order valence-corrected chi connectivity index (χ3v) is 3.94. The topological polar surface area (TPSA) is 17.8 Å². The van der Waals surface area contributed by atoms with Crippen LogP contribution in [0.1, 0.15) is 51.3 Å². The number of imidazole rings is 1. The van der Waals surface area contributed by atoms with Gasteiger partial charge >= 0.3 is 0 Å². The maximum atomic E-state index is 5.92. The Bertz CT molecular complexity index is 330. The van der Waals surface area contributed by atoms with Crippen LogP contribution in [0.25, 0.3) is 0 Å². The van der Waals surface area contributed by atoms with E-state index in [4.69, 9.17) is 11.6 Å². The first-order chi connectivity index (χ1) is 7.15. The van der Waals surface area contributed by atoms with Crippen LogP contribution in [0.15, 0.2) is 12.5 Å². The number of alkyl halides is 1. The van der Waals surface area contributed by atoms with Gasteiger partial charge in [-0.05, 0) is 18.3 Å². The molecule has 3 heteroatoms. The van der Waals surface area contributed by atoms with Crippen molar-refractivity contribution in [1.82, 2.24) is 9.55 Å². The molecule has 1 aliphatic rings. The predicted molar refractivity (Wildman–Crippen MR) is 63.1 cm³/mol. The summed E-state index contributed by atoms with van der Waals surface area (Å²) in [5.74, 6) is 0.562. The first-order valence-electron chi connectivity index (χ1n) is 5.72. The molecule has 0 aliphatic heterocycles. The van der Waals surface area contributed by atoms with E-state index < -0.39 is 0 Å². The van der Waals surface area contributed by atoms with Crippen molar-refractivity contribution in [2.45, 2.75) is 51.5 Å². The molecule has 2 nitrogen and oxygen atoms in total. The Morgan fingerprint density at radius 2 is 2.33 bits per heavy atom. The number of halogens is 1. The summed E-state index contributed by atoms with van der Waals surface area (Å²) in [6.45, 7) is 4.71. The predicted octanol–water partition coefficient (Wildman–Crippen LogP) is 3.76. The molecule has 1 atom stereocenters. The highest BCUT2D eigenvalue weighted by atomic mass is 35.5. The van der Waals surface area contributed by atoms with Gasteiger partial charge in [-0.3, -0.25) is 0 Å². The van der Waals surface area contributed by atoms with Crippen LogP contribution in [-0.2, 0) is 5.88 Å². The van der Waals surface area contributed by atoms with Crippen LogP contribution in [0, 0.1) is 5.41 Å². The van der Waals surface area contributed by atoms with Gasteiger partial charge in [0.2, 0.25) is 0 Å². The monoisotopic (exact) mass is 226 g/mol. The molecule has 1 aromatic rings. The van der Waals surface area contributed by atoms with E-state index in [1.54, 1.807) is 0 Å². The summed E-state index contributed by atoms with van der Waals surface area (Å²) in [4.78, 5) is 4.21. The van der Waals surface area contributed by atoms with Crippen molar-refractivity contribution in [2.75, 3.05) is 0 Å². The average Bonchev–Trinajstić information content (AvgIpc) is 2.64. The molecule has 1 aliphatic carbocycles. The van der Waals surface area contributed by atoms with E-state index in [2.05, 4.69) is 23.4 Å². The quantitative estimate of drug-likeness (QED) is 0.703. The standard InChI is InChI=1S/C12H19ClN2/c1-12(2)6-4-3-5-11(12)15-9-14-8-10(15)7-13/h8-9,11H,3-7H2,1-2H3. The van der Waals surface area contributed by atoms with Gasteiger partial charge in [0.05, 0.1) is 17.9 Å². The van der Waals surface area contributed by atoms with E-state index in [1.165, 1.54) is 25.7 Å². The van der Waals surface area contributed by atoms with Gasteiger partial charge in [0.1, 0.15) is 0 Å². The Morgan fingerprint density at radius 1 is 1.53 bits per heavy atom. The molecular formula is C12H19ClN2.